The molecule has 7 nitrogen and oxygen atoms in total. The van der Waals surface area contributed by atoms with Crippen molar-refractivity contribution in [2.75, 3.05) is 18.5 Å². The van der Waals surface area contributed by atoms with Crippen molar-refractivity contribution in [2.24, 2.45) is 5.92 Å². The SMILES string of the molecule is CC(CN(C)c1ccc(C#N)c([N+](=O)[O-])c1)C(=O)O. The molecular weight excluding hydrogens is 250 g/mol. The van der Waals surface area contributed by atoms with Crippen LogP contribution in [0.25, 0.3) is 0 Å². The second kappa shape index (κ2) is 5.82. The van der Waals surface area contributed by atoms with E-state index in [9.17, 15) is 14.9 Å². The molecule has 0 aliphatic heterocycles. The van der Waals surface area contributed by atoms with Crippen molar-refractivity contribution in [3.8, 4) is 6.07 Å². The van der Waals surface area contributed by atoms with Gasteiger partial charge in [-0.2, -0.15) is 5.26 Å². The van der Waals surface area contributed by atoms with Gasteiger partial charge in [-0.25, -0.2) is 0 Å². The number of anilines is 1. The second-order valence-corrected chi connectivity index (χ2v) is 4.19. The Labute approximate surface area is 109 Å². The van der Waals surface area contributed by atoms with E-state index in [1.54, 1.807) is 31.0 Å². The molecular formula is C12H13N3O4. The normalized spacial score (nSPS) is 11.4. The Morgan fingerprint density at radius 1 is 1.63 bits per heavy atom. The number of carbonyl (C=O) groups is 1. The lowest BCUT2D eigenvalue weighted by Gasteiger charge is -2.21. The maximum atomic E-state index is 10.8. The van der Waals surface area contributed by atoms with Gasteiger partial charge in [0.25, 0.3) is 5.69 Å². The Balaban J connectivity index is 3.02. The third-order valence-electron chi connectivity index (χ3n) is 2.71. The van der Waals surface area contributed by atoms with Crippen molar-refractivity contribution >= 4 is 17.3 Å². The number of nitro benzene ring substituents is 1. The zero-order valence-corrected chi connectivity index (χ0v) is 10.5. The van der Waals surface area contributed by atoms with Gasteiger partial charge in [-0.05, 0) is 12.1 Å². The van der Waals surface area contributed by atoms with Crippen LogP contribution in [0.1, 0.15) is 12.5 Å². The van der Waals surface area contributed by atoms with Crippen LogP contribution in [0, 0.1) is 27.4 Å². The highest BCUT2D eigenvalue weighted by atomic mass is 16.6. The molecule has 19 heavy (non-hydrogen) atoms. The van der Waals surface area contributed by atoms with Gasteiger partial charge in [-0.15, -0.1) is 0 Å². The molecule has 0 amide bonds. The highest BCUT2D eigenvalue weighted by Crippen LogP contribution is 2.25. The van der Waals surface area contributed by atoms with Gasteiger partial charge in [-0.1, -0.05) is 6.92 Å². The standard InChI is InChI=1S/C12H13N3O4/c1-8(12(16)17)7-14(2)10-4-3-9(6-13)11(5-10)15(18)19/h3-5,8H,7H2,1-2H3,(H,16,17). The number of rotatable bonds is 5. The number of hydrogen-bond acceptors (Lipinski definition) is 5. The van der Waals surface area contributed by atoms with E-state index in [4.69, 9.17) is 10.4 Å². The van der Waals surface area contributed by atoms with Crippen LogP contribution in [0.3, 0.4) is 0 Å². The Morgan fingerprint density at radius 3 is 2.74 bits per heavy atom. The van der Waals surface area contributed by atoms with Crippen LogP contribution in [-0.2, 0) is 4.79 Å². The minimum atomic E-state index is -0.935. The topological polar surface area (TPSA) is 107 Å². The van der Waals surface area contributed by atoms with E-state index >= 15 is 0 Å². The quantitative estimate of drug-likeness (QED) is 0.638. The Kier molecular flexibility index (Phi) is 4.42. The molecule has 0 saturated heterocycles. The first kappa shape index (κ1) is 14.4. The smallest absolute Gasteiger partial charge is 0.308 e. The molecule has 0 saturated carbocycles. The van der Waals surface area contributed by atoms with Gasteiger partial charge in [0.05, 0.1) is 10.8 Å². The third kappa shape index (κ3) is 3.42. The van der Waals surface area contributed by atoms with Crippen molar-refractivity contribution in [2.45, 2.75) is 6.92 Å². The summed E-state index contributed by atoms with van der Waals surface area (Å²) in [7, 11) is 1.64. The maximum absolute atomic E-state index is 10.8. The number of carboxylic acids is 1. The van der Waals surface area contributed by atoms with E-state index < -0.39 is 16.8 Å². The molecule has 7 heteroatoms. The minimum Gasteiger partial charge on any atom is -0.481 e. The van der Waals surface area contributed by atoms with Gasteiger partial charge in [0, 0.05) is 25.3 Å². The molecule has 0 fully saturated rings. The zero-order chi connectivity index (χ0) is 14.6. The van der Waals surface area contributed by atoms with Crippen LogP contribution < -0.4 is 4.90 Å². The summed E-state index contributed by atoms with van der Waals surface area (Å²) in [6.07, 6.45) is 0. The molecule has 1 aromatic rings. The van der Waals surface area contributed by atoms with E-state index in [2.05, 4.69) is 0 Å². The Bertz CT molecular complexity index is 550. The first-order valence-electron chi connectivity index (χ1n) is 5.49. The molecule has 0 aliphatic carbocycles. The van der Waals surface area contributed by atoms with Crippen molar-refractivity contribution < 1.29 is 14.8 Å². The lowest BCUT2D eigenvalue weighted by molar-refractivity contribution is -0.385. The fourth-order valence-electron chi connectivity index (χ4n) is 1.60. The second-order valence-electron chi connectivity index (χ2n) is 4.19. The first-order chi connectivity index (χ1) is 8.86. The lowest BCUT2D eigenvalue weighted by Crippen LogP contribution is -2.28. The summed E-state index contributed by atoms with van der Waals surface area (Å²) in [6.45, 7) is 1.77. The largest absolute Gasteiger partial charge is 0.481 e. The molecule has 0 aliphatic rings. The average molecular weight is 263 g/mol. The molecule has 1 atom stereocenters. The van der Waals surface area contributed by atoms with Crippen LogP contribution in [0.2, 0.25) is 0 Å². The Morgan fingerprint density at radius 2 is 2.26 bits per heavy atom. The summed E-state index contributed by atoms with van der Waals surface area (Å²) in [5, 5.41) is 28.4. The summed E-state index contributed by atoms with van der Waals surface area (Å²) in [5.41, 5.74) is 0.196. The van der Waals surface area contributed by atoms with Gasteiger partial charge >= 0.3 is 5.97 Å². The van der Waals surface area contributed by atoms with Crippen LogP contribution in [0.15, 0.2) is 18.2 Å². The summed E-state index contributed by atoms with van der Waals surface area (Å²) in [6, 6.07) is 5.93. The summed E-state index contributed by atoms with van der Waals surface area (Å²) in [5.74, 6) is -1.53. The number of nitriles is 1. The third-order valence-corrected chi connectivity index (χ3v) is 2.71. The highest BCUT2D eigenvalue weighted by molar-refractivity contribution is 5.70. The number of carboxylic acid groups (broad SMARTS) is 1. The minimum absolute atomic E-state index is 0.0200. The molecule has 1 unspecified atom stereocenters. The van der Waals surface area contributed by atoms with Crippen LogP contribution in [0.4, 0.5) is 11.4 Å². The van der Waals surface area contributed by atoms with Crippen molar-refractivity contribution in [3.63, 3.8) is 0 Å². The van der Waals surface area contributed by atoms with E-state index in [0.717, 1.165) is 0 Å². The van der Waals surface area contributed by atoms with Crippen LogP contribution in [-0.4, -0.2) is 29.6 Å². The zero-order valence-electron chi connectivity index (χ0n) is 10.5. The predicted octanol–water partition coefficient (Wildman–Crippen LogP) is 1.62. The molecule has 0 heterocycles. The lowest BCUT2D eigenvalue weighted by atomic mass is 10.1. The van der Waals surface area contributed by atoms with Crippen LogP contribution >= 0.6 is 0 Å². The van der Waals surface area contributed by atoms with Gasteiger partial charge < -0.3 is 10.0 Å². The molecule has 0 radical (unpaired) electrons. The number of nitro groups is 1. The molecule has 0 bridgehead atoms. The van der Waals surface area contributed by atoms with Crippen molar-refractivity contribution in [1.82, 2.24) is 0 Å². The highest BCUT2D eigenvalue weighted by Gasteiger charge is 2.18. The monoisotopic (exact) mass is 263 g/mol. The summed E-state index contributed by atoms with van der Waals surface area (Å²) in [4.78, 5) is 22.6. The van der Waals surface area contributed by atoms with E-state index in [1.165, 1.54) is 12.1 Å². The van der Waals surface area contributed by atoms with Gasteiger partial charge in [0.1, 0.15) is 11.6 Å². The first-order valence-corrected chi connectivity index (χ1v) is 5.49. The molecule has 1 N–H and O–H groups in total. The molecule has 0 spiro atoms. The number of aliphatic carboxylic acids is 1. The summed E-state index contributed by atoms with van der Waals surface area (Å²) < 4.78 is 0. The van der Waals surface area contributed by atoms with Gasteiger partial charge in [0.15, 0.2) is 0 Å². The number of nitrogens with zero attached hydrogens (tertiary/aromatic N) is 3. The predicted molar refractivity (Wildman–Crippen MR) is 67.9 cm³/mol. The molecule has 100 valence electrons. The number of hydrogen-bond donors (Lipinski definition) is 1. The molecule has 1 aromatic carbocycles. The van der Waals surface area contributed by atoms with Gasteiger partial charge in [-0.3, -0.25) is 14.9 Å². The van der Waals surface area contributed by atoms with E-state index in [1.807, 2.05) is 0 Å². The van der Waals surface area contributed by atoms with Gasteiger partial charge in [0.2, 0.25) is 0 Å². The maximum Gasteiger partial charge on any atom is 0.308 e. The summed E-state index contributed by atoms with van der Waals surface area (Å²) >= 11 is 0. The number of benzene rings is 1. The molecule has 0 aromatic heterocycles. The average Bonchev–Trinajstić information content (AvgIpc) is 2.37. The van der Waals surface area contributed by atoms with Crippen LogP contribution in [0.5, 0.6) is 0 Å². The molecule has 1 rings (SSSR count). The van der Waals surface area contributed by atoms with Crippen molar-refractivity contribution in [3.05, 3.63) is 33.9 Å². The fraction of sp³-hybridized carbons (Fsp3) is 0.333. The fourth-order valence-corrected chi connectivity index (χ4v) is 1.60. The van der Waals surface area contributed by atoms with Crippen molar-refractivity contribution in [1.29, 1.82) is 5.26 Å². The van der Waals surface area contributed by atoms with E-state index in [-0.39, 0.29) is 17.8 Å². The Hall–Kier alpha value is -2.62. The van der Waals surface area contributed by atoms with E-state index in [0.29, 0.717) is 5.69 Å².